The molecule has 0 atom stereocenters. The third-order valence-electron chi connectivity index (χ3n) is 0.514. The van der Waals surface area contributed by atoms with Gasteiger partial charge in [0.2, 0.25) is 0 Å². The van der Waals surface area contributed by atoms with Crippen molar-refractivity contribution in [1.82, 2.24) is 0 Å². The van der Waals surface area contributed by atoms with Crippen molar-refractivity contribution >= 4 is 0 Å². The van der Waals surface area contributed by atoms with Gasteiger partial charge in [-0.05, 0) is 6.42 Å². The largest absolute Gasteiger partial charge is 0.367 e. The van der Waals surface area contributed by atoms with E-state index in [1.165, 1.54) is 0 Å². The fraction of sp³-hybridized carbons (Fsp3) is 0.800. The second-order valence-electron chi connectivity index (χ2n) is 1.22. The van der Waals surface area contributed by atoms with Crippen molar-refractivity contribution in [2.75, 3.05) is 13.3 Å². The molecule has 0 aromatic carbocycles. The predicted molar refractivity (Wildman–Crippen MR) is 29.4 cm³/mol. The van der Waals surface area contributed by atoms with Gasteiger partial charge in [0.1, 0.15) is 0 Å². The monoisotopic (exact) mass is 100 g/mol. The highest BCUT2D eigenvalue weighted by Gasteiger charge is 1.83. The average molecular weight is 100 g/mol. The van der Waals surface area contributed by atoms with Gasteiger partial charge in [-0.1, -0.05) is 11.8 Å². The van der Waals surface area contributed by atoms with E-state index in [1.807, 2.05) is 6.92 Å². The summed E-state index contributed by atoms with van der Waals surface area (Å²) in [5.74, 6) is 0. The number of rotatable bonds is 3. The first kappa shape index (κ1) is 6.45. The van der Waals surface area contributed by atoms with Crippen LogP contribution in [0.2, 0.25) is 0 Å². The fourth-order valence-electron chi connectivity index (χ4n) is 0.262. The summed E-state index contributed by atoms with van der Waals surface area (Å²) in [4.78, 5) is 3.25. The van der Waals surface area contributed by atoms with E-state index in [9.17, 15) is 0 Å². The van der Waals surface area contributed by atoms with Crippen molar-refractivity contribution in [3.05, 3.63) is 4.85 Å². The zero-order chi connectivity index (χ0) is 5.54. The van der Waals surface area contributed by atoms with Gasteiger partial charge >= 0.3 is 6.73 Å². The molecule has 0 amide bonds. The summed E-state index contributed by atoms with van der Waals surface area (Å²) in [5, 5.41) is 0. The smallest absolute Gasteiger partial charge is 0.310 e. The maximum atomic E-state index is 4.84. The van der Waals surface area contributed by atoms with Gasteiger partial charge in [-0.2, -0.15) is 0 Å². The van der Waals surface area contributed by atoms with Gasteiger partial charge in [0, 0.05) is 0 Å². The Morgan fingerprint density at radius 3 is 2.86 bits per heavy atom. The zero-order valence-corrected chi connectivity index (χ0v) is 4.55. The Hall–Kier alpha value is -0.550. The molecule has 0 spiro atoms. The third kappa shape index (κ3) is 5.45. The summed E-state index contributed by atoms with van der Waals surface area (Å²) in [7, 11) is 0. The average Bonchev–Trinajstić information content (AvgIpc) is 1.69. The van der Waals surface area contributed by atoms with E-state index >= 15 is 0 Å². The number of hydrogen-bond donors (Lipinski definition) is 0. The lowest BCUT2D eigenvalue weighted by Gasteiger charge is -1.84. The first-order chi connectivity index (χ1) is 3.41. The highest BCUT2D eigenvalue weighted by Crippen LogP contribution is 1.78. The van der Waals surface area contributed by atoms with Crippen LogP contribution >= 0.6 is 0 Å². The normalized spacial score (nSPS) is 8.00. The minimum atomic E-state index is 0.327. The van der Waals surface area contributed by atoms with Gasteiger partial charge < -0.3 is 4.74 Å². The van der Waals surface area contributed by atoms with Crippen LogP contribution in [0.25, 0.3) is 4.85 Å². The van der Waals surface area contributed by atoms with Gasteiger partial charge in [0.25, 0.3) is 6.57 Å². The molecule has 0 rings (SSSR count). The Morgan fingerprint density at radius 1 is 1.71 bits per heavy atom. The van der Waals surface area contributed by atoms with Gasteiger partial charge in [-0.25, -0.2) is 0 Å². The maximum Gasteiger partial charge on any atom is 0.367 e. The Kier molecular flexibility index (Phi) is 5.02. The van der Waals surface area contributed by atoms with Crippen LogP contribution in [0.4, 0.5) is 0 Å². The Labute approximate surface area is 43.9 Å². The molecule has 0 aromatic heterocycles. The van der Waals surface area contributed by atoms with Gasteiger partial charge in [-0.15, -0.1) is 0 Å². The number of nitrogens with zero attached hydrogens (tertiary/aromatic N) is 1. The first-order valence-corrected chi connectivity index (χ1v) is 2.36. The number of hydrogen-bond acceptors (Lipinski definition) is 1. The molecule has 2 nitrogen and oxygen atoms in total. The molecule has 0 unspecified atom stereocenters. The van der Waals surface area contributed by atoms with E-state index in [1.54, 1.807) is 0 Å². The summed E-state index contributed by atoms with van der Waals surface area (Å²) in [6.45, 7) is 7.89. The SMILES string of the molecule is C#[N+]COCCC. The lowest BCUT2D eigenvalue weighted by atomic mass is 10.5. The molecule has 2 heteroatoms. The van der Waals surface area contributed by atoms with E-state index in [0.29, 0.717) is 6.73 Å². The zero-order valence-electron chi connectivity index (χ0n) is 4.55. The Bertz CT molecular complexity index is 65.0. The summed E-state index contributed by atoms with van der Waals surface area (Å²) in [6.07, 6.45) is 1.02. The lowest BCUT2D eigenvalue weighted by molar-refractivity contribution is 0.162. The fourth-order valence-corrected chi connectivity index (χ4v) is 0.262. The third-order valence-corrected chi connectivity index (χ3v) is 0.514. The van der Waals surface area contributed by atoms with Crippen molar-refractivity contribution in [2.24, 2.45) is 0 Å². The minimum Gasteiger partial charge on any atom is -0.310 e. The lowest BCUT2D eigenvalue weighted by Crippen LogP contribution is -1.88. The summed E-state index contributed by atoms with van der Waals surface area (Å²) >= 11 is 0. The predicted octanol–water partition coefficient (Wildman–Crippen LogP) is 1.33. The molecule has 0 fully saturated rings. The molecule has 0 saturated carbocycles. The van der Waals surface area contributed by atoms with E-state index in [4.69, 9.17) is 11.3 Å². The molecule has 0 aliphatic rings. The summed E-state index contributed by atoms with van der Waals surface area (Å²) < 4.78 is 4.84. The van der Waals surface area contributed by atoms with Crippen LogP contribution in [0.15, 0.2) is 0 Å². The van der Waals surface area contributed by atoms with E-state index in [0.717, 1.165) is 13.0 Å². The Balaban J connectivity index is 2.60. The topological polar surface area (TPSA) is 13.6 Å². The van der Waals surface area contributed by atoms with Gasteiger partial charge in [0.05, 0.1) is 6.61 Å². The molecule has 0 saturated heterocycles. The molecule has 0 bridgehead atoms. The second-order valence-corrected chi connectivity index (χ2v) is 1.22. The highest BCUT2D eigenvalue weighted by molar-refractivity contribution is 4.56. The van der Waals surface area contributed by atoms with Crippen LogP contribution < -0.4 is 0 Å². The van der Waals surface area contributed by atoms with Gasteiger partial charge in [-0.3, -0.25) is 0 Å². The second kappa shape index (κ2) is 5.45. The van der Waals surface area contributed by atoms with E-state index in [2.05, 4.69) is 4.85 Å². The first-order valence-electron chi connectivity index (χ1n) is 2.36. The van der Waals surface area contributed by atoms with Crippen LogP contribution in [0.1, 0.15) is 13.3 Å². The summed E-state index contributed by atoms with van der Waals surface area (Å²) in [6, 6.07) is 0. The molecule has 0 aliphatic carbocycles. The quantitative estimate of drug-likeness (QED) is 0.488. The number of ether oxygens (including phenoxy) is 1. The van der Waals surface area contributed by atoms with Crippen LogP contribution in [-0.4, -0.2) is 13.3 Å². The molecule has 0 aromatic rings. The molecule has 7 heavy (non-hydrogen) atoms. The molecule has 40 valence electrons. The van der Waals surface area contributed by atoms with Crippen molar-refractivity contribution < 1.29 is 4.74 Å². The van der Waals surface area contributed by atoms with E-state index < -0.39 is 0 Å². The van der Waals surface area contributed by atoms with Crippen LogP contribution in [0, 0.1) is 6.57 Å². The highest BCUT2D eigenvalue weighted by atomic mass is 16.5. The minimum absolute atomic E-state index is 0.327. The van der Waals surface area contributed by atoms with Crippen molar-refractivity contribution in [3.8, 4) is 6.57 Å². The van der Waals surface area contributed by atoms with Gasteiger partial charge in [0.15, 0.2) is 0 Å². The molecule has 0 N–H and O–H groups in total. The van der Waals surface area contributed by atoms with Crippen LogP contribution in [0.3, 0.4) is 0 Å². The molecular formula is C5H10NO+. The Morgan fingerprint density at radius 2 is 2.43 bits per heavy atom. The van der Waals surface area contributed by atoms with Crippen molar-refractivity contribution in [3.63, 3.8) is 0 Å². The van der Waals surface area contributed by atoms with Crippen LogP contribution in [-0.2, 0) is 4.74 Å². The molecular weight excluding hydrogens is 90.1 g/mol. The summed E-state index contributed by atoms with van der Waals surface area (Å²) in [5.41, 5.74) is 0. The maximum absolute atomic E-state index is 4.84. The molecule has 0 aliphatic heterocycles. The molecule has 0 radical (unpaired) electrons. The van der Waals surface area contributed by atoms with Crippen molar-refractivity contribution in [2.45, 2.75) is 13.3 Å². The van der Waals surface area contributed by atoms with E-state index in [-0.39, 0.29) is 0 Å². The molecule has 0 heterocycles. The van der Waals surface area contributed by atoms with Crippen LogP contribution in [0.5, 0.6) is 0 Å². The standard InChI is InChI=1S/C5H10NO/c1-3-4-7-5-6-2/h2H,3-5H2,1H3/q+1. The van der Waals surface area contributed by atoms with Crippen molar-refractivity contribution in [1.29, 1.82) is 0 Å².